The van der Waals surface area contributed by atoms with Crippen LogP contribution in [0.2, 0.25) is 0 Å². The average Bonchev–Trinajstić information content (AvgIpc) is 3.32. The fraction of sp³-hybridized carbons (Fsp3) is 0.0435. The first kappa shape index (κ1) is 18.9. The van der Waals surface area contributed by atoms with Gasteiger partial charge in [-0.05, 0) is 36.4 Å². The van der Waals surface area contributed by atoms with E-state index in [2.05, 4.69) is 10.3 Å². The predicted molar refractivity (Wildman–Crippen MR) is 110 cm³/mol. The van der Waals surface area contributed by atoms with Gasteiger partial charge in [0.25, 0.3) is 5.91 Å². The van der Waals surface area contributed by atoms with Crippen LogP contribution in [-0.2, 0) is 9.53 Å². The van der Waals surface area contributed by atoms with E-state index in [1.165, 1.54) is 6.26 Å². The Morgan fingerprint density at radius 3 is 2.67 bits per heavy atom. The van der Waals surface area contributed by atoms with Crippen molar-refractivity contribution >= 4 is 28.5 Å². The zero-order chi connectivity index (χ0) is 20.9. The number of carbonyl (C=O) groups is 2. The van der Waals surface area contributed by atoms with Gasteiger partial charge < -0.3 is 14.5 Å². The van der Waals surface area contributed by atoms with Crippen molar-refractivity contribution in [1.82, 2.24) is 4.98 Å². The molecule has 1 amide bonds. The number of amides is 1. The number of aromatic nitrogens is 1. The van der Waals surface area contributed by atoms with E-state index in [-0.39, 0.29) is 5.56 Å². The fourth-order valence-corrected chi connectivity index (χ4v) is 2.98. The average molecular weight is 397 g/mol. The Morgan fingerprint density at radius 1 is 1.07 bits per heavy atom. The van der Waals surface area contributed by atoms with Crippen LogP contribution in [0.1, 0.15) is 15.9 Å². The number of esters is 1. The minimum Gasteiger partial charge on any atom is -0.463 e. The molecule has 0 fully saturated rings. The molecule has 0 spiro atoms. The second-order valence-electron chi connectivity index (χ2n) is 6.33. The zero-order valence-electron chi connectivity index (χ0n) is 15.7. The molecule has 0 aliphatic rings. The molecule has 2 aromatic carbocycles. The van der Waals surface area contributed by atoms with Gasteiger partial charge in [0, 0.05) is 5.39 Å². The largest absolute Gasteiger partial charge is 0.463 e. The number of para-hydroxylation sites is 2. The van der Waals surface area contributed by atoms with Gasteiger partial charge in [-0.3, -0.25) is 4.79 Å². The number of carbonyl (C=O) groups excluding carboxylic acids is 2. The molecular weight excluding hydrogens is 382 g/mol. The van der Waals surface area contributed by atoms with Crippen LogP contribution in [0, 0.1) is 11.3 Å². The molecule has 4 rings (SSSR count). The van der Waals surface area contributed by atoms with E-state index in [9.17, 15) is 9.59 Å². The molecule has 0 saturated heterocycles. The highest BCUT2D eigenvalue weighted by Gasteiger charge is 2.17. The third-order valence-electron chi connectivity index (χ3n) is 4.37. The van der Waals surface area contributed by atoms with Crippen molar-refractivity contribution in [3.8, 4) is 17.5 Å². The van der Waals surface area contributed by atoms with E-state index in [0.29, 0.717) is 33.6 Å². The van der Waals surface area contributed by atoms with Crippen molar-refractivity contribution in [2.75, 3.05) is 11.9 Å². The van der Waals surface area contributed by atoms with E-state index < -0.39 is 18.5 Å². The summed E-state index contributed by atoms with van der Waals surface area (Å²) in [6.07, 6.45) is 1.52. The lowest BCUT2D eigenvalue weighted by Gasteiger charge is -2.10. The molecule has 0 saturated carbocycles. The van der Waals surface area contributed by atoms with Gasteiger partial charge in [0.15, 0.2) is 12.4 Å². The molecule has 2 heterocycles. The van der Waals surface area contributed by atoms with Crippen LogP contribution < -0.4 is 5.32 Å². The molecule has 1 N–H and O–H groups in total. The Kier molecular flexibility index (Phi) is 5.22. The number of ether oxygens (including phenoxy) is 1. The van der Waals surface area contributed by atoms with Gasteiger partial charge in [-0.2, -0.15) is 5.26 Å². The Bertz CT molecular complexity index is 1270. The number of nitrogens with one attached hydrogen (secondary N) is 1. The summed E-state index contributed by atoms with van der Waals surface area (Å²) in [5.41, 5.74) is 2.04. The lowest BCUT2D eigenvalue weighted by atomic mass is 10.1. The summed E-state index contributed by atoms with van der Waals surface area (Å²) in [5.74, 6) is -0.693. The van der Waals surface area contributed by atoms with Crippen LogP contribution in [0.25, 0.3) is 22.4 Å². The molecule has 0 radical (unpaired) electrons. The van der Waals surface area contributed by atoms with Crippen LogP contribution in [0.15, 0.2) is 77.4 Å². The van der Waals surface area contributed by atoms with Crippen LogP contribution in [0.4, 0.5) is 5.69 Å². The number of furan rings is 1. The molecule has 7 heteroatoms. The number of benzene rings is 2. The third-order valence-corrected chi connectivity index (χ3v) is 4.37. The van der Waals surface area contributed by atoms with Crippen molar-refractivity contribution in [2.24, 2.45) is 0 Å². The first-order valence-electron chi connectivity index (χ1n) is 9.05. The number of hydrogen-bond acceptors (Lipinski definition) is 6. The number of rotatable bonds is 5. The predicted octanol–water partition coefficient (Wildman–Crippen LogP) is 4.16. The van der Waals surface area contributed by atoms with Gasteiger partial charge >= 0.3 is 5.97 Å². The Labute approximate surface area is 171 Å². The summed E-state index contributed by atoms with van der Waals surface area (Å²) < 4.78 is 10.6. The standard InChI is InChI=1S/C23H15N3O4/c24-13-15-6-1-3-8-18(15)26-22(27)14-30-23(28)17-12-20(21-10-5-11-29-21)25-19-9-4-2-7-16(17)19/h1-12H,14H2,(H,26,27). The van der Waals surface area contributed by atoms with Gasteiger partial charge in [-0.25, -0.2) is 9.78 Å². The molecule has 7 nitrogen and oxygen atoms in total. The Balaban J connectivity index is 1.55. The van der Waals surface area contributed by atoms with E-state index in [1.807, 2.05) is 12.1 Å². The normalized spacial score (nSPS) is 10.4. The molecule has 146 valence electrons. The Hall–Kier alpha value is -4.44. The number of fused-ring (bicyclic) bond motifs is 1. The highest BCUT2D eigenvalue weighted by Crippen LogP contribution is 2.25. The first-order chi connectivity index (χ1) is 14.7. The molecule has 2 aromatic heterocycles. The summed E-state index contributed by atoms with van der Waals surface area (Å²) in [4.78, 5) is 29.5. The third kappa shape index (κ3) is 3.88. The molecular formula is C23H15N3O4. The van der Waals surface area contributed by atoms with Crippen LogP contribution in [0.3, 0.4) is 0 Å². The lowest BCUT2D eigenvalue weighted by molar-refractivity contribution is -0.119. The van der Waals surface area contributed by atoms with Crippen molar-refractivity contribution in [3.63, 3.8) is 0 Å². The number of anilines is 1. The molecule has 0 unspecified atom stereocenters. The molecule has 0 atom stereocenters. The minimum atomic E-state index is -0.662. The molecule has 0 bridgehead atoms. The van der Waals surface area contributed by atoms with Crippen molar-refractivity contribution < 1.29 is 18.7 Å². The van der Waals surface area contributed by atoms with Gasteiger partial charge in [0.2, 0.25) is 0 Å². The quantitative estimate of drug-likeness (QED) is 0.507. The monoisotopic (exact) mass is 397 g/mol. The molecule has 0 aliphatic heterocycles. The second-order valence-corrected chi connectivity index (χ2v) is 6.33. The SMILES string of the molecule is N#Cc1ccccc1NC(=O)COC(=O)c1cc(-c2ccco2)nc2ccccc12. The molecule has 0 aliphatic carbocycles. The lowest BCUT2D eigenvalue weighted by Crippen LogP contribution is -2.21. The molecule has 4 aromatic rings. The number of nitrogens with zero attached hydrogens (tertiary/aromatic N) is 2. The van der Waals surface area contributed by atoms with E-state index >= 15 is 0 Å². The summed E-state index contributed by atoms with van der Waals surface area (Å²) in [5, 5.41) is 12.3. The zero-order valence-corrected chi connectivity index (χ0v) is 15.7. The van der Waals surface area contributed by atoms with Gasteiger partial charge in [-0.15, -0.1) is 0 Å². The maximum atomic E-state index is 12.7. The van der Waals surface area contributed by atoms with E-state index in [1.54, 1.807) is 60.7 Å². The van der Waals surface area contributed by atoms with E-state index in [4.69, 9.17) is 14.4 Å². The second kappa shape index (κ2) is 8.29. The van der Waals surface area contributed by atoms with Crippen molar-refractivity contribution in [3.05, 3.63) is 84.1 Å². The summed E-state index contributed by atoms with van der Waals surface area (Å²) >= 11 is 0. The Morgan fingerprint density at radius 2 is 1.87 bits per heavy atom. The van der Waals surface area contributed by atoms with Gasteiger partial charge in [0.1, 0.15) is 11.8 Å². The maximum absolute atomic E-state index is 12.7. The first-order valence-corrected chi connectivity index (χ1v) is 9.05. The topological polar surface area (TPSA) is 105 Å². The minimum absolute atomic E-state index is 0.275. The number of nitriles is 1. The van der Waals surface area contributed by atoms with Gasteiger partial charge in [0.05, 0.1) is 28.6 Å². The van der Waals surface area contributed by atoms with Crippen molar-refractivity contribution in [1.29, 1.82) is 5.26 Å². The van der Waals surface area contributed by atoms with Crippen LogP contribution in [-0.4, -0.2) is 23.5 Å². The summed E-state index contributed by atoms with van der Waals surface area (Å²) in [7, 11) is 0. The number of hydrogen-bond donors (Lipinski definition) is 1. The summed E-state index contributed by atoms with van der Waals surface area (Å²) in [6, 6.07) is 20.8. The van der Waals surface area contributed by atoms with Gasteiger partial charge in [-0.1, -0.05) is 30.3 Å². The van der Waals surface area contributed by atoms with Crippen molar-refractivity contribution in [2.45, 2.75) is 0 Å². The highest BCUT2D eigenvalue weighted by atomic mass is 16.5. The molecule has 30 heavy (non-hydrogen) atoms. The van der Waals surface area contributed by atoms with Crippen LogP contribution in [0.5, 0.6) is 0 Å². The van der Waals surface area contributed by atoms with E-state index in [0.717, 1.165) is 0 Å². The fourth-order valence-electron chi connectivity index (χ4n) is 2.98. The number of pyridine rings is 1. The summed E-state index contributed by atoms with van der Waals surface area (Å²) in [6.45, 7) is -0.495. The van der Waals surface area contributed by atoms with Crippen LogP contribution >= 0.6 is 0 Å². The highest BCUT2D eigenvalue weighted by molar-refractivity contribution is 6.05. The maximum Gasteiger partial charge on any atom is 0.339 e. The smallest absolute Gasteiger partial charge is 0.339 e.